The Bertz CT molecular complexity index is 584. The minimum absolute atomic E-state index is 0.0983. The van der Waals surface area contributed by atoms with Gasteiger partial charge in [0.15, 0.2) is 5.43 Å². The van der Waals surface area contributed by atoms with Crippen LogP contribution in [0.2, 0.25) is 0 Å². The lowest BCUT2D eigenvalue weighted by atomic mass is 10.1. The number of aromatic nitrogens is 1. The molecular weight excluding hydrogens is 176 g/mol. The summed E-state index contributed by atoms with van der Waals surface area (Å²) in [5.74, 6) is 0. The molecule has 0 amide bonds. The monoisotopic (exact) mass is 186 g/mol. The quantitative estimate of drug-likeness (QED) is 0.679. The third-order valence-electron chi connectivity index (χ3n) is 2.77. The Balaban J connectivity index is 2.63. The number of benzene rings is 1. The van der Waals surface area contributed by atoms with Crippen molar-refractivity contribution in [1.82, 2.24) is 4.57 Å². The fraction of sp³-hybridized carbons (Fsp3) is 0.182. The molecule has 1 aliphatic heterocycles. The van der Waals surface area contributed by atoms with Crippen molar-refractivity contribution in [3.8, 4) is 0 Å². The number of pyridine rings is 1. The van der Waals surface area contributed by atoms with Gasteiger partial charge >= 0.3 is 0 Å². The molecule has 1 aromatic carbocycles. The highest BCUT2D eigenvalue weighted by atomic mass is 16.1. The molecule has 0 fully saturated rings. The average molecular weight is 186 g/mol. The number of hydrogen-bond acceptors (Lipinski definition) is 2. The van der Waals surface area contributed by atoms with Crippen molar-refractivity contribution in [2.24, 2.45) is 0 Å². The lowest BCUT2D eigenvalue weighted by molar-refractivity contribution is 0.836. The molecule has 3 nitrogen and oxygen atoms in total. The molecule has 0 saturated heterocycles. The van der Waals surface area contributed by atoms with Crippen molar-refractivity contribution in [2.45, 2.75) is 13.6 Å². The van der Waals surface area contributed by atoms with E-state index in [-0.39, 0.29) is 5.43 Å². The predicted octanol–water partition coefficient (Wildman–Crippen LogP) is 1.69. The van der Waals surface area contributed by atoms with E-state index in [1.807, 2.05) is 18.3 Å². The van der Waals surface area contributed by atoms with Crippen LogP contribution in [0, 0.1) is 6.92 Å². The van der Waals surface area contributed by atoms with Crippen molar-refractivity contribution in [1.29, 1.82) is 0 Å². The highest BCUT2D eigenvalue weighted by Crippen LogP contribution is 2.29. The van der Waals surface area contributed by atoms with E-state index in [1.54, 1.807) is 6.07 Å². The van der Waals surface area contributed by atoms with Gasteiger partial charge in [-0.15, -0.1) is 0 Å². The largest absolute Gasteiger partial charge is 0.366 e. The Morgan fingerprint density at radius 1 is 1.36 bits per heavy atom. The summed E-state index contributed by atoms with van der Waals surface area (Å²) in [5.41, 5.74) is 3.42. The Kier molecular flexibility index (Phi) is 1.29. The fourth-order valence-electron chi connectivity index (χ4n) is 2.03. The van der Waals surface area contributed by atoms with E-state index in [1.165, 1.54) is 5.56 Å². The lowest BCUT2D eigenvalue weighted by Gasteiger charge is -2.03. The first-order valence-electron chi connectivity index (χ1n) is 4.64. The highest BCUT2D eigenvalue weighted by molar-refractivity contribution is 5.94. The van der Waals surface area contributed by atoms with Crippen LogP contribution in [0.25, 0.3) is 10.9 Å². The van der Waals surface area contributed by atoms with Crippen LogP contribution in [-0.4, -0.2) is 4.57 Å². The van der Waals surface area contributed by atoms with Crippen molar-refractivity contribution in [3.05, 3.63) is 40.2 Å². The van der Waals surface area contributed by atoms with Crippen LogP contribution in [0.15, 0.2) is 29.2 Å². The number of nitrogens with one attached hydrogen (secondary N) is 1. The van der Waals surface area contributed by atoms with Crippen molar-refractivity contribution in [3.63, 3.8) is 0 Å². The first-order chi connectivity index (χ1) is 6.77. The topological polar surface area (TPSA) is 34.0 Å². The van der Waals surface area contributed by atoms with Crippen LogP contribution in [0.5, 0.6) is 0 Å². The predicted molar refractivity (Wildman–Crippen MR) is 56.6 cm³/mol. The van der Waals surface area contributed by atoms with E-state index >= 15 is 0 Å². The number of rotatable bonds is 0. The molecule has 2 heterocycles. The van der Waals surface area contributed by atoms with Gasteiger partial charge < -0.3 is 9.88 Å². The Hall–Kier alpha value is -1.77. The third kappa shape index (κ3) is 0.789. The highest BCUT2D eigenvalue weighted by Gasteiger charge is 2.14. The molecule has 0 atom stereocenters. The summed E-state index contributed by atoms with van der Waals surface area (Å²) in [6.07, 6.45) is 1.84. The summed E-state index contributed by atoms with van der Waals surface area (Å²) in [6.45, 7) is 2.81. The number of aryl methyl sites for hydroxylation is 1. The summed E-state index contributed by atoms with van der Waals surface area (Å²) < 4.78 is 2.07. The summed E-state index contributed by atoms with van der Waals surface area (Å²) in [6, 6.07) is 5.51. The lowest BCUT2D eigenvalue weighted by Crippen LogP contribution is -2.04. The Morgan fingerprint density at radius 2 is 2.21 bits per heavy atom. The van der Waals surface area contributed by atoms with Gasteiger partial charge in [0.1, 0.15) is 0 Å². The summed E-state index contributed by atoms with van der Waals surface area (Å²) in [4.78, 5) is 11.6. The normalized spacial score (nSPS) is 13.2. The second-order valence-electron chi connectivity index (χ2n) is 3.64. The molecule has 1 N–H and O–H groups in total. The molecule has 1 aliphatic rings. The SMILES string of the molecule is Cc1ccc2c(=O)ccn3c2c1NC3. The fourth-order valence-corrected chi connectivity index (χ4v) is 2.03. The van der Waals surface area contributed by atoms with Crippen molar-refractivity contribution in [2.75, 3.05) is 5.32 Å². The van der Waals surface area contributed by atoms with Gasteiger partial charge in [-0.05, 0) is 18.6 Å². The molecule has 0 bridgehead atoms. The van der Waals surface area contributed by atoms with Gasteiger partial charge in [0, 0.05) is 17.6 Å². The third-order valence-corrected chi connectivity index (χ3v) is 2.77. The Morgan fingerprint density at radius 3 is 3.07 bits per heavy atom. The smallest absolute Gasteiger partial charge is 0.189 e. The van der Waals surface area contributed by atoms with Crippen LogP contribution >= 0.6 is 0 Å². The molecule has 0 radical (unpaired) electrons. The molecule has 14 heavy (non-hydrogen) atoms. The maximum atomic E-state index is 11.6. The maximum absolute atomic E-state index is 11.6. The second-order valence-corrected chi connectivity index (χ2v) is 3.64. The minimum Gasteiger partial charge on any atom is -0.366 e. The number of anilines is 1. The van der Waals surface area contributed by atoms with Crippen LogP contribution in [0.1, 0.15) is 5.56 Å². The number of nitrogens with zero attached hydrogens (tertiary/aromatic N) is 1. The molecule has 3 heteroatoms. The van der Waals surface area contributed by atoms with E-state index in [2.05, 4.69) is 16.8 Å². The van der Waals surface area contributed by atoms with E-state index in [4.69, 9.17) is 0 Å². The van der Waals surface area contributed by atoms with Crippen LogP contribution < -0.4 is 10.7 Å². The van der Waals surface area contributed by atoms with Crippen LogP contribution in [-0.2, 0) is 6.67 Å². The van der Waals surface area contributed by atoms with Gasteiger partial charge in [0.25, 0.3) is 0 Å². The van der Waals surface area contributed by atoms with Crippen LogP contribution in [0.3, 0.4) is 0 Å². The average Bonchev–Trinajstić information content (AvgIpc) is 2.60. The van der Waals surface area contributed by atoms with E-state index in [0.717, 1.165) is 23.3 Å². The van der Waals surface area contributed by atoms with E-state index < -0.39 is 0 Å². The molecule has 3 rings (SSSR count). The number of hydrogen-bond donors (Lipinski definition) is 1. The van der Waals surface area contributed by atoms with Gasteiger partial charge in [-0.1, -0.05) is 6.07 Å². The van der Waals surface area contributed by atoms with Gasteiger partial charge in [0.05, 0.1) is 17.9 Å². The Labute approximate surface area is 81.0 Å². The zero-order chi connectivity index (χ0) is 9.71. The molecule has 1 aromatic heterocycles. The zero-order valence-corrected chi connectivity index (χ0v) is 7.87. The standard InChI is InChI=1S/C11H10N2O/c1-7-2-3-8-9(14)4-5-13-6-12-10(7)11(8)13/h2-5,12H,6H2,1H3. The summed E-state index contributed by atoms with van der Waals surface area (Å²) in [5, 5.41) is 4.10. The molecule has 2 aromatic rings. The van der Waals surface area contributed by atoms with Gasteiger partial charge in [0.2, 0.25) is 0 Å². The van der Waals surface area contributed by atoms with Gasteiger partial charge in [-0.2, -0.15) is 0 Å². The molecule has 70 valence electrons. The molecule has 0 aliphatic carbocycles. The van der Waals surface area contributed by atoms with Crippen molar-refractivity contribution < 1.29 is 0 Å². The molecule has 0 unspecified atom stereocenters. The summed E-state index contributed by atoms with van der Waals surface area (Å²) in [7, 11) is 0. The first kappa shape index (κ1) is 7.62. The minimum atomic E-state index is 0.0983. The molecule has 0 saturated carbocycles. The van der Waals surface area contributed by atoms with Crippen molar-refractivity contribution >= 4 is 16.6 Å². The first-order valence-corrected chi connectivity index (χ1v) is 4.64. The van der Waals surface area contributed by atoms with E-state index in [9.17, 15) is 4.79 Å². The molecular formula is C11H10N2O. The zero-order valence-electron chi connectivity index (χ0n) is 7.87. The van der Waals surface area contributed by atoms with Gasteiger partial charge in [-0.25, -0.2) is 0 Å². The second kappa shape index (κ2) is 2.38. The van der Waals surface area contributed by atoms with Gasteiger partial charge in [-0.3, -0.25) is 4.79 Å². The summed E-state index contributed by atoms with van der Waals surface area (Å²) >= 11 is 0. The van der Waals surface area contributed by atoms with E-state index in [0.29, 0.717) is 0 Å². The maximum Gasteiger partial charge on any atom is 0.189 e. The molecule has 0 spiro atoms. The van der Waals surface area contributed by atoms with Crippen LogP contribution in [0.4, 0.5) is 5.69 Å².